The van der Waals surface area contributed by atoms with Crippen molar-refractivity contribution in [3.8, 4) is 0 Å². The third-order valence-electron chi connectivity index (χ3n) is 4.31. The van der Waals surface area contributed by atoms with Gasteiger partial charge in [-0.1, -0.05) is 30.3 Å². The van der Waals surface area contributed by atoms with Crippen molar-refractivity contribution in [2.75, 3.05) is 33.7 Å². The number of hydrogen-bond donors (Lipinski definition) is 1. The number of hydrogen-bond acceptors (Lipinski definition) is 3. The Morgan fingerprint density at radius 3 is 2.77 bits per heavy atom. The molecule has 1 aromatic rings. The van der Waals surface area contributed by atoms with Crippen LogP contribution >= 0.6 is 0 Å². The summed E-state index contributed by atoms with van der Waals surface area (Å²) in [4.78, 5) is 16.8. The molecular formula is C18H29N3O. The number of carbonyl (C=O) groups is 1. The molecule has 1 atom stereocenters. The van der Waals surface area contributed by atoms with Gasteiger partial charge in [-0.2, -0.15) is 0 Å². The maximum atomic E-state index is 12.5. The summed E-state index contributed by atoms with van der Waals surface area (Å²) in [6, 6.07) is 10.7. The van der Waals surface area contributed by atoms with E-state index in [1.54, 1.807) is 0 Å². The average molecular weight is 303 g/mol. The van der Waals surface area contributed by atoms with E-state index in [4.69, 9.17) is 0 Å². The molecule has 2 rings (SSSR count). The fourth-order valence-corrected chi connectivity index (χ4v) is 3.05. The van der Waals surface area contributed by atoms with Gasteiger partial charge in [-0.3, -0.25) is 4.79 Å². The zero-order chi connectivity index (χ0) is 15.8. The first-order valence-electron chi connectivity index (χ1n) is 8.35. The maximum absolute atomic E-state index is 12.5. The predicted octanol–water partition coefficient (Wildman–Crippen LogP) is 2.11. The highest BCUT2D eigenvalue weighted by atomic mass is 16.2. The molecule has 122 valence electrons. The van der Waals surface area contributed by atoms with E-state index in [-0.39, 0.29) is 5.91 Å². The third-order valence-corrected chi connectivity index (χ3v) is 4.31. The van der Waals surface area contributed by atoms with Crippen molar-refractivity contribution in [1.29, 1.82) is 0 Å². The standard InChI is InChI=1S/C18H29N3O/c1-20(2)13-11-17-10-6-7-12-21(17)18(22)15-19-14-16-8-4-3-5-9-16/h3-5,8-9,17,19H,6-7,10-15H2,1-2H3/t17-/m0/s1. The first kappa shape index (κ1) is 17.0. The topological polar surface area (TPSA) is 35.6 Å². The van der Waals surface area contributed by atoms with Crippen LogP contribution in [0.2, 0.25) is 0 Å². The highest BCUT2D eigenvalue weighted by Crippen LogP contribution is 2.19. The molecule has 1 aliphatic rings. The Hall–Kier alpha value is -1.39. The second-order valence-corrected chi connectivity index (χ2v) is 6.42. The number of amides is 1. The van der Waals surface area contributed by atoms with E-state index in [1.165, 1.54) is 12.0 Å². The lowest BCUT2D eigenvalue weighted by molar-refractivity contribution is -0.134. The first-order chi connectivity index (χ1) is 10.7. The van der Waals surface area contributed by atoms with Crippen LogP contribution in [0.25, 0.3) is 0 Å². The van der Waals surface area contributed by atoms with Gasteiger partial charge in [0.2, 0.25) is 5.91 Å². The van der Waals surface area contributed by atoms with E-state index in [0.717, 1.165) is 38.9 Å². The SMILES string of the molecule is CN(C)CC[C@@H]1CCCCN1C(=O)CNCc1ccccc1. The number of rotatable bonds is 7. The van der Waals surface area contributed by atoms with Crippen molar-refractivity contribution in [2.45, 2.75) is 38.3 Å². The van der Waals surface area contributed by atoms with Gasteiger partial charge in [0.1, 0.15) is 0 Å². The van der Waals surface area contributed by atoms with Crippen LogP contribution < -0.4 is 5.32 Å². The molecule has 1 fully saturated rings. The fourth-order valence-electron chi connectivity index (χ4n) is 3.05. The Morgan fingerprint density at radius 1 is 1.27 bits per heavy atom. The Labute approximate surface area is 134 Å². The van der Waals surface area contributed by atoms with Gasteiger partial charge in [0.15, 0.2) is 0 Å². The zero-order valence-electron chi connectivity index (χ0n) is 13.9. The van der Waals surface area contributed by atoms with Crippen molar-refractivity contribution in [1.82, 2.24) is 15.1 Å². The van der Waals surface area contributed by atoms with E-state index in [2.05, 4.69) is 41.3 Å². The molecule has 0 aromatic heterocycles. The summed E-state index contributed by atoms with van der Waals surface area (Å²) in [5, 5.41) is 3.28. The normalized spacial score (nSPS) is 18.7. The highest BCUT2D eigenvalue weighted by Gasteiger charge is 2.25. The van der Waals surface area contributed by atoms with Crippen LogP contribution in [0.1, 0.15) is 31.2 Å². The molecule has 0 spiro atoms. The Balaban J connectivity index is 1.78. The Bertz CT molecular complexity index is 447. The molecule has 4 heteroatoms. The quantitative estimate of drug-likeness (QED) is 0.838. The van der Waals surface area contributed by atoms with Gasteiger partial charge < -0.3 is 15.1 Å². The minimum absolute atomic E-state index is 0.249. The van der Waals surface area contributed by atoms with E-state index >= 15 is 0 Å². The number of nitrogens with zero attached hydrogens (tertiary/aromatic N) is 2. The van der Waals surface area contributed by atoms with Gasteiger partial charge >= 0.3 is 0 Å². The lowest BCUT2D eigenvalue weighted by Gasteiger charge is -2.36. The monoisotopic (exact) mass is 303 g/mol. The van der Waals surface area contributed by atoms with Crippen molar-refractivity contribution in [2.24, 2.45) is 0 Å². The number of likely N-dealkylation sites (tertiary alicyclic amines) is 1. The molecule has 1 aromatic carbocycles. The third kappa shape index (κ3) is 5.43. The molecule has 4 nitrogen and oxygen atoms in total. The van der Waals surface area contributed by atoms with Gasteiger partial charge in [0, 0.05) is 19.1 Å². The van der Waals surface area contributed by atoms with Gasteiger partial charge in [-0.25, -0.2) is 0 Å². The van der Waals surface area contributed by atoms with E-state index < -0.39 is 0 Å². The molecular weight excluding hydrogens is 274 g/mol. The lowest BCUT2D eigenvalue weighted by Crippen LogP contribution is -2.48. The van der Waals surface area contributed by atoms with Crippen LogP contribution in [0.5, 0.6) is 0 Å². The number of carbonyl (C=O) groups excluding carboxylic acids is 1. The van der Waals surface area contributed by atoms with E-state index in [1.807, 2.05) is 18.2 Å². The molecule has 0 aliphatic carbocycles. The second kappa shape index (κ2) is 8.91. The summed E-state index contributed by atoms with van der Waals surface area (Å²) in [5.74, 6) is 0.249. The van der Waals surface area contributed by atoms with Crippen LogP contribution in [0.3, 0.4) is 0 Å². The molecule has 0 radical (unpaired) electrons. The van der Waals surface area contributed by atoms with Gasteiger partial charge in [0.05, 0.1) is 6.54 Å². The lowest BCUT2D eigenvalue weighted by atomic mass is 9.99. The second-order valence-electron chi connectivity index (χ2n) is 6.42. The molecule has 22 heavy (non-hydrogen) atoms. The van der Waals surface area contributed by atoms with Crippen molar-refractivity contribution >= 4 is 5.91 Å². The average Bonchev–Trinajstić information content (AvgIpc) is 2.54. The van der Waals surface area contributed by atoms with Crippen molar-refractivity contribution < 1.29 is 4.79 Å². The fraction of sp³-hybridized carbons (Fsp3) is 0.611. The number of nitrogens with one attached hydrogen (secondary N) is 1. The molecule has 0 bridgehead atoms. The summed E-state index contributed by atoms with van der Waals surface area (Å²) in [7, 11) is 4.19. The van der Waals surface area contributed by atoms with Crippen LogP contribution in [0.15, 0.2) is 30.3 Å². The van der Waals surface area contributed by atoms with Gasteiger partial charge in [-0.15, -0.1) is 0 Å². The summed E-state index contributed by atoms with van der Waals surface area (Å²) >= 11 is 0. The molecule has 1 aliphatic heterocycles. The van der Waals surface area contributed by atoms with E-state index in [9.17, 15) is 4.79 Å². The number of piperidine rings is 1. The minimum Gasteiger partial charge on any atom is -0.339 e. The summed E-state index contributed by atoms with van der Waals surface area (Å²) in [5.41, 5.74) is 1.22. The predicted molar refractivity (Wildman–Crippen MR) is 90.7 cm³/mol. The minimum atomic E-state index is 0.249. The largest absolute Gasteiger partial charge is 0.339 e. The van der Waals surface area contributed by atoms with Crippen molar-refractivity contribution in [3.05, 3.63) is 35.9 Å². The first-order valence-corrected chi connectivity index (χ1v) is 8.35. The van der Waals surface area contributed by atoms with Crippen LogP contribution in [-0.4, -0.2) is 55.5 Å². The Kier molecular flexibility index (Phi) is 6.87. The van der Waals surface area contributed by atoms with Gasteiger partial charge in [-0.05, 0) is 51.9 Å². The molecule has 1 N–H and O–H groups in total. The van der Waals surface area contributed by atoms with Crippen LogP contribution in [0, 0.1) is 0 Å². The Morgan fingerprint density at radius 2 is 2.05 bits per heavy atom. The molecule has 1 saturated heterocycles. The van der Waals surface area contributed by atoms with Gasteiger partial charge in [0.25, 0.3) is 0 Å². The zero-order valence-corrected chi connectivity index (χ0v) is 13.9. The summed E-state index contributed by atoms with van der Waals surface area (Å²) in [6.07, 6.45) is 4.62. The van der Waals surface area contributed by atoms with Crippen LogP contribution in [0.4, 0.5) is 0 Å². The number of benzene rings is 1. The highest BCUT2D eigenvalue weighted by molar-refractivity contribution is 5.78. The molecule has 0 saturated carbocycles. The van der Waals surface area contributed by atoms with Crippen LogP contribution in [-0.2, 0) is 11.3 Å². The molecule has 1 amide bonds. The smallest absolute Gasteiger partial charge is 0.236 e. The maximum Gasteiger partial charge on any atom is 0.236 e. The summed E-state index contributed by atoms with van der Waals surface area (Å²) in [6.45, 7) is 3.16. The molecule has 0 unspecified atom stereocenters. The molecule has 1 heterocycles. The van der Waals surface area contributed by atoms with E-state index in [0.29, 0.717) is 12.6 Å². The van der Waals surface area contributed by atoms with Crippen molar-refractivity contribution in [3.63, 3.8) is 0 Å². The summed E-state index contributed by atoms with van der Waals surface area (Å²) < 4.78 is 0.